The zero-order chi connectivity index (χ0) is 25.8. The van der Waals surface area contributed by atoms with Gasteiger partial charge in [-0.1, -0.05) is 50.3 Å². The Balaban J connectivity index is 0.00000210. The number of benzene rings is 1. The molecule has 1 aromatic rings. The summed E-state index contributed by atoms with van der Waals surface area (Å²) in [5, 5.41) is 0. The molecule has 2 amide bonds. The van der Waals surface area contributed by atoms with Crippen LogP contribution in [0.15, 0.2) is 60.7 Å². The number of hydrogen-bond acceptors (Lipinski definition) is 4. The fourth-order valence-electron chi connectivity index (χ4n) is 4.37. The van der Waals surface area contributed by atoms with Crippen molar-refractivity contribution in [2.24, 2.45) is 5.73 Å². The Morgan fingerprint density at radius 1 is 1.26 bits per heavy atom. The van der Waals surface area contributed by atoms with E-state index in [2.05, 4.69) is 29.7 Å². The molecule has 2 N–H and O–H groups in total. The summed E-state index contributed by atoms with van der Waals surface area (Å²) in [5.74, 6) is 0.0286. The van der Waals surface area contributed by atoms with Crippen molar-refractivity contribution in [2.45, 2.75) is 47.0 Å². The maximum atomic E-state index is 13.4. The summed E-state index contributed by atoms with van der Waals surface area (Å²) in [6.07, 6.45) is 14.6. The predicted octanol–water partition coefficient (Wildman–Crippen LogP) is 5.00. The van der Waals surface area contributed by atoms with Crippen molar-refractivity contribution < 1.29 is 9.59 Å². The van der Waals surface area contributed by atoms with Gasteiger partial charge in [0.15, 0.2) is 0 Å². The number of hydrogen-bond donors (Lipinski definition) is 1. The molecule has 1 heterocycles. The summed E-state index contributed by atoms with van der Waals surface area (Å²) in [4.78, 5) is 32.5. The van der Waals surface area contributed by atoms with E-state index < -0.39 is 0 Å². The number of nitrogens with two attached hydrogens (primary N) is 1. The first-order valence-electron chi connectivity index (χ1n) is 12.8. The zero-order valence-corrected chi connectivity index (χ0v) is 21.9. The smallest absolute Gasteiger partial charge is 0.254 e. The van der Waals surface area contributed by atoms with Gasteiger partial charge in [-0.05, 0) is 62.9 Å². The van der Waals surface area contributed by atoms with Gasteiger partial charge in [-0.3, -0.25) is 9.59 Å². The number of carbonyl (C=O) groups is 2. The Morgan fingerprint density at radius 2 is 2.03 bits per heavy atom. The van der Waals surface area contributed by atoms with Crippen LogP contribution in [0.25, 0.3) is 0 Å². The van der Waals surface area contributed by atoms with Crippen molar-refractivity contribution in [2.75, 3.05) is 49.1 Å². The minimum Gasteiger partial charge on any atom is -0.360 e. The number of carbonyl (C=O) groups excluding carboxylic acids is 2. The van der Waals surface area contributed by atoms with Crippen LogP contribution >= 0.6 is 0 Å². The van der Waals surface area contributed by atoms with E-state index in [-0.39, 0.29) is 11.8 Å². The van der Waals surface area contributed by atoms with Crippen molar-refractivity contribution in [1.29, 1.82) is 0 Å². The van der Waals surface area contributed by atoms with Crippen molar-refractivity contribution in [3.05, 3.63) is 71.9 Å². The quantitative estimate of drug-likeness (QED) is 0.480. The third-order valence-corrected chi connectivity index (χ3v) is 6.20. The highest BCUT2D eigenvalue weighted by Crippen LogP contribution is 2.39. The monoisotopic (exact) mass is 478 g/mol. The summed E-state index contributed by atoms with van der Waals surface area (Å²) in [6, 6.07) is 3.90. The number of allylic oxidation sites excluding steroid dienone is 4. The highest BCUT2D eigenvalue weighted by Gasteiger charge is 2.32. The standard InChI is InChI=1S/C27H36N4O2.C2H6/c1-4-6-17-30-20-25(32)31(19-22-12-9-7-8-10-13-22)26-21(3)23(14-15-24(26)30)27(33)29(5-2)18-11-16-28;1-2/h4,7-9,12-15H,1,5-6,10-11,16-20,28H2,2-3H3;1-2H3. The Hall–Kier alpha value is -3.12. The van der Waals surface area contributed by atoms with E-state index in [1.165, 1.54) is 0 Å². The Labute approximate surface area is 211 Å². The second-order valence-electron chi connectivity index (χ2n) is 8.41. The summed E-state index contributed by atoms with van der Waals surface area (Å²) in [7, 11) is 0. The van der Waals surface area contributed by atoms with Gasteiger partial charge in [0.25, 0.3) is 5.91 Å². The Morgan fingerprint density at radius 3 is 2.71 bits per heavy atom. The lowest BCUT2D eigenvalue weighted by molar-refractivity contribution is -0.117. The van der Waals surface area contributed by atoms with Crippen molar-refractivity contribution in [1.82, 2.24) is 4.90 Å². The van der Waals surface area contributed by atoms with Crippen LogP contribution < -0.4 is 15.5 Å². The maximum absolute atomic E-state index is 13.4. The average molecular weight is 479 g/mol. The zero-order valence-electron chi connectivity index (χ0n) is 21.9. The molecule has 0 unspecified atom stereocenters. The fraction of sp³-hybridized carbons (Fsp3) is 0.448. The lowest BCUT2D eigenvalue weighted by Crippen LogP contribution is -2.47. The average Bonchev–Trinajstić information content (AvgIpc) is 3.15. The first kappa shape index (κ1) is 28.1. The van der Waals surface area contributed by atoms with Gasteiger partial charge in [0.2, 0.25) is 5.91 Å². The molecular weight excluding hydrogens is 436 g/mol. The van der Waals surface area contributed by atoms with E-state index in [0.717, 1.165) is 41.8 Å². The lowest BCUT2D eigenvalue weighted by Gasteiger charge is -2.39. The largest absolute Gasteiger partial charge is 0.360 e. The van der Waals surface area contributed by atoms with Gasteiger partial charge < -0.3 is 20.4 Å². The molecule has 6 nitrogen and oxygen atoms in total. The molecule has 0 aromatic heterocycles. The van der Waals surface area contributed by atoms with Crippen LogP contribution in [0, 0.1) is 6.92 Å². The van der Waals surface area contributed by atoms with Crippen LogP contribution in [0.4, 0.5) is 11.4 Å². The number of amides is 2. The highest BCUT2D eigenvalue weighted by atomic mass is 16.2. The van der Waals surface area contributed by atoms with Gasteiger partial charge in [-0.15, -0.1) is 6.58 Å². The molecule has 0 atom stereocenters. The fourth-order valence-corrected chi connectivity index (χ4v) is 4.37. The molecule has 1 aliphatic heterocycles. The van der Waals surface area contributed by atoms with E-state index in [1.807, 2.05) is 67.9 Å². The van der Waals surface area contributed by atoms with Crippen LogP contribution in [-0.4, -0.2) is 56.0 Å². The van der Waals surface area contributed by atoms with Crippen molar-refractivity contribution in [3.63, 3.8) is 0 Å². The van der Waals surface area contributed by atoms with E-state index in [4.69, 9.17) is 5.73 Å². The topological polar surface area (TPSA) is 69.9 Å². The number of rotatable bonds is 10. The Bertz CT molecular complexity index is 977. The molecule has 1 aliphatic carbocycles. The first-order chi connectivity index (χ1) is 17.0. The number of anilines is 2. The predicted molar refractivity (Wildman–Crippen MR) is 148 cm³/mol. The van der Waals surface area contributed by atoms with E-state index in [0.29, 0.717) is 44.8 Å². The molecule has 0 saturated heterocycles. The first-order valence-corrected chi connectivity index (χ1v) is 12.8. The highest BCUT2D eigenvalue weighted by molar-refractivity contribution is 6.07. The molecule has 0 bridgehead atoms. The molecule has 2 aliphatic rings. The number of fused-ring (bicyclic) bond motifs is 1. The molecule has 3 rings (SSSR count). The maximum Gasteiger partial charge on any atom is 0.254 e. The van der Waals surface area contributed by atoms with Gasteiger partial charge in [0, 0.05) is 25.2 Å². The molecule has 0 fully saturated rings. The third kappa shape index (κ3) is 6.95. The molecule has 35 heavy (non-hydrogen) atoms. The van der Waals surface area contributed by atoms with Crippen LogP contribution in [0.1, 0.15) is 56.0 Å². The van der Waals surface area contributed by atoms with Crippen molar-refractivity contribution in [3.8, 4) is 0 Å². The Kier molecular flexibility index (Phi) is 11.5. The summed E-state index contributed by atoms with van der Waals surface area (Å²) < 4.78 is 0. The summed E-state index contributed by atoms with van der Waals surface area (Å²) >= 11 is 0. The second kappa shape index (κ2) is 14.3. The molecular formula is C29H42N4O2. The van der Waals surface area contributed by atoms with Crippen LogP contribution in [0.3, 0.4) is 0 Å². The minimum atomic E-state index is -0.0142. The molecule has 1 aromatic carbocycles. The van der Waals surface area contributed by atoms with E-state index >= 15 is 0 Å². The van der Waals surface area contributed by atoms with Gasteiger partial charge >= 0.3 is 0 Å². The van der Waals surface area contributed by atoms with Gasteiger partial charge in [-0.2, -0.15) is 0 Å². The second-order valence-corrected chi connectivity index (χ2v) is 8.41. The third-order valence-electron chi connectivity index (χ3n) is 6.20. The molecule has 6 heteroatoms. The normalized spacial score (nSPS) is 14.5. The molecule has 0 saturated carbocycles. The lowest BCUT2D eigenvalue weighted by atomic mass is 9.99. The van der Waals surface area contributed by atoms with Gasteiger partial charge in [0.1, 0.15) is 0 Å². The molecule has 0 radical (unpaired) electrons. The minimum absolute atomic E-state index is 0.0142. The van der Waals surface area contributed by atoms with Crippen molar-refractivity contribution >= 4 is 23.2 Å². The summed E-state index contributed by atoms with van der Waals surface area (Å²) in [6.45, 7) is 15.1. The molecule has 190 valence electrons. The van der Waals surface area contributed by atoms with Crippen LogP contribution in [0.2, 0.25) is 0 Å². The van der Waals surface area contributed by atoms with Gasteiger partial charge in [0.05, 0.1) is 24.5 Å². The molecule has 0 spiro atoms. The van der Waals surface area contributed by atoms with Crippen LogP contribution in [0.5, 0.6) is 0 Å². The van der Waals surface area contributed by atoms with Crippen LogP contribution in [-0.2, 0) is 4.79 Å². The van der Waals surface area contributed by atoms with Gasteiger partial charge in [-0.25, -0.2) is 0 Å². The summed E-state index contributed by atoms with van der Waals surface area (Å²) in [5.41, 5.74) is 10.1. The number of nitrogens with zero attached hydrogens (tertiary/aromatic N) is 3. The van der Waals surface area contributed by atoms with E-state index in [9.17, 15) is 9.59 Å². The van der Waals surface area contributed by atoms with E-state index in [1.54, 1.807) is 0 Å². The SMILES string of the molecule is C=CCCN1CC(=O)N(CC2=CCC=CC=C2)c2c1ccc(C(=O)N(CC)CCCN)c2C.CC.